The summed E-state index contributed by atoms with van der Waals surface area (Å²) in [7, 11) is 0. The van der Waals surface area contributed by atoms with Gasteiger partial charge in [-0.1, -0.05) is 88.4 Å². The van der Waals surface area contributed by atoms with Gasteiger partial charge in [0.05, 0.1) is 0 Å². The number of hydrogen-bond donors (Lipinski definition) is 0. The molecule has 0 saturated carbocycles. The van der Waals surface area contributed by atoms with Crippen LogP contribution in [0.25, 0.3) is 0 Å². The number of aryl methyl sites for hydroxylation is 4. The molecule has 0 aliphatic carbocycles. The third-order valence-electron chi connectivity index (χ3n) is 8.64. The highest BCUT2D eigenvalue weighted by Crippen LogP contribution is 2.37. The number of para-hydroxylation sites is 2. The number of benzene rings is 4. The molecule has 2 aliphatic rings. The first-order valence-electron chi connectivity index (χ1n) is 15.3. The Morgan fingerprint density at radius 1 is 0.537 bits per heavy atom. The van der Waals surface area contributed by atoms with Gasteiger partial charge in [0.1, 0.15) is 11.5 Å². The van der Waals surface area contributed by atoms with Crippen LogP contribution in [0.15, 0.2) is 72.8 Å². The third kappa shape index (κ3) is 5.40. The molecular formula is C37H42N2O2. The number of ether oxygens (including phenoxy) is 2. The van der Waals surface area contributed by atoms with Gasteiger partial charge < -0.3 is 19.3 Å². The van der Waals surface area contributed by atoms with Crippen molar-refractivity contribution in [2.75, 3.05) is 23.3 Å². The molecular weight excluding hydrogens is 504 g/mol. The van der Waals surface area contributed by atoms with Gasteiger partial charge in [0.2, 0.25) is 0 Å². The van der Waals surface area contributed by atoms with Gasteiger partial charge in [0, 0.05) is 35.6 Å². The molecule has 4 aromatic carbocycles. The molecule has 0 aromatic heterocycles. The van der Waals surface area contributed by atoms with E-state index in [0.29, 0.717) is 13.5 Å². The normalized spacial score (nSPS) is 14.2. The van der Waals surface area contributed by atoms with Crippen LogP contribution in [0.2, 0.25) is 0 Å². The van der Waals surface area contributed by atoms with Gasteiger partial charge in [-0.2, -0.15) is 0 Å². The van der Waals surface area contributed by atoms with Gasteiger partial charge in [0.15, 0.2) is 13.5 Å². The average Bonchev–Trinajstić information content (AvgIpc) is 3.03. The Morgan fingerprint density at radius 2 is 0.902 bits per heavy atom. The third-order valence-corrected chi connectivity index (χ3v) is 8.64. The summed E-state index contributed by atoms with van der Waals surface area (Å²) in [6, 6.07) is 26.6. The minimum Gasteiger partial charge on any atom is -0.473 e. The predicted molar refractivity (Wildman–Crippen MR) is 169 cm³/mol. The molecule has 0 spiro atoms. The Bertz CT molecular complexity index is 1380. The summed E-state index contributed by atoms with van der Waals surface area (Å²) in [5.74, 6) is 2.03. The summed E-state index contributed by atoms with van der Waals surface area (Å²) in [5.41, 5.74) is 13.7. The molecule has 6 rings (SSSR count). The van der Waals surface area contributed by atoms with Crippen molar-refractivity contribution in [2.24, 2.45) is 0 Å². The maximum absolute atomic E-state index is 6.16. The Morgan fingerprint density at radius 3 is 1.27 bits per heavy atom. The van der Waals surface area contributed by atoms with Crippen molar-refractivity contribution in [3.05, 3.63) is 117 Å². The number of nitrogens with zero attached hydrogens (tertiary/aromatic N) is 2. The van der Waals surface area contributed by atoms with E-state index in [-0.39, 0.29) is 0 Å². The fourth-order valence-electron chi connectivity index (χ4n) is 6.63. The van der Waals surface area contributed by atoms with Crippen molar-refractivity contribution in [3.8, 4) is 11.5 Å². The van der Waals surface area contributed by atoms with Crippen LogP contribution in [0.3, 0.4) is 0 Å². The van der Waals surface area contributed by atoms with E-state index < -0.39 is 0 Å². The maximum Gasteiger partial charge on any atom is 0.161 e. The van der Waals surface area contributed by atoms with Gasteiger partial charge in [-0.3, -0.25) is 0 Å². The topological polar surface area (TPSA) is 24.9 Å². The monoisotopic (exact) mass is 546 g/mol. The SMILES string of the molecule is CCc1cc(Cc2cc(CC)c(N3COc4ccccc4C3)c(CC)c2)cc(CC)c1N1COc2ccccc2C1. The molecule has 41 heavy (non-hydrogen) atoms. The molecule has 212 valence electrons. The van der Waals surface area contributed by atoms with E-state index >= 15 is 0 Å². The first-order chi connectivity index (χ1) is 20.1. The number of fused-ring (bicyclic) bond motifs is 2. The molecule has 0 bridgehead atoms. The summed E-state index contributed by atoms with van der Waals surface area (Å²) in [4.78, 5) is 4.84. The van der Waals surface area contributed by atoms with Crippen LogP contribution in [-0.2, 0) is 45.2 Å². The highest BCUT2D eigenvalue weighted by molar-refractivity contribution is 5.65. The zero-order valence-corrected chi connectivity index (χ0v) is 25.0. The van der Waals surface area contributed by atoms with Gasteiger partial charge in [-0.25, -0.2) is 0 Å². The van der Waals surface area contributed by atoms with Gasteiger partial charge >= 0.3 is 0 Å². The lowest BCUT2D eigenvalue weighted by Crippen LogP contribution is -2.33. The summed E-state index contributed by atoms with van der Waals surface area (Å²) >= 11 is 0. The van der Waals surface area contributed by atoms with Crippen molar-refractivity contribution in [3.63, 3.8) is 0 Å². The molecule has 2 heterocycles. The summed E-state index contributed by atoms with van der Waals surface area (Å²) < 4.78 is 12.3. The Hall–Kier alpha value is -3.92. The molecule has 0 fully saturated rings. The van der Waals surface area contributed by atoms with Crippen LogP contribution in [0.5, 0.6) is 11.5 Å². The molecule has 0 amide bonds. The van der Waals surface area contributed by atoms with E-state index in [9.17, 15) is 0 Å². The van der Waals surface area contributed by atoms with Crippen molar-refractivity contribution in [2.45, 2.75) is 72.9 Å². The van der Waals surface area contributed by atoms with Crippen LogP contribution in [0, 0.1) is 0 Å². The second-order valence-electron chi connectivity index (χ2n) is 11.3. The maximum atomic E-state index is 6.16. The lowest BCUT2D eigenvalue weighted by Gasteiger charge is -2.34. The predicted octanol–water partition coefficient (Wildman–Crippen LogP) is 8.24. The van der Waals surface area contributed by atoms with Crippen LogP contribution in [-0.4, -0.2) is 13.5 Å². The highest BCUT2D eigenvalue weighted by atomic mass is 16.5. The molecule has 0 N–H and O–H groups in total. The van der Waals surface area contributed by atoms with Gasteiger partial charge in [-0.15, -0.1) is 0 Å². The molecule has 4 aromatic rings. The zero-order valence-electron chi connectivity index (χ0n) is 25.0. The molecule has 4 heteroatoms. The number of anilines is 2. The Balaban J connectivity index is 1.30. The second-order valence-corrected chi connectivity index (χ2v) is 11.3. The van der Waals surface area contributed by atoms with Gasteiger partial charge in [-0.05, 0) is 77.6 Å². The fourth-order valence-corrected chi connectivity index (χ4v) is 6.63. The van der Waals surface area contributed by atoms with Crippen LogP contribution in [0.4, 0.5) is 11.4 Å². The highest BCUT2D eigenvalue weighted by Gasteiger charge is 2.24. The van der Waals surface area contributed by atoms with E-state index in [4.69, 9.17) is 9.47 Å². The van der Waals surface area contributed by atoms with Crippen molar-refractivity contribution in [1.29, 1.82) is 0 Å². The summed E-state index contributed by atoms with van der Waals surface area (Å²) in [6.07, 6.45) is 4.96. The average molecular weight is 547 g/mol. The zero-order chi connectivity index (χ0) is 28.3. The van der Waals surface area contributed by atoms with E-state index in [1.54, 1.807) is 0 Å². The standard InChI is InChI=1S/C37H42N2O2/c1-5-28-18-26(19-29(6-2)36(28)38-22-32-13-9-11-15-34(32)40-24-38)17-27-20-30(7-3)37(31(8-4)21-27)39-23-33-14-10-12-16-35(33)41-25-39/h9-16,18-21H,5-8,17,22-25H2,1-4H3. The molecule has 0 unspecified atom stereocenters. The van der Waals surface area contributed by atoms with E-state index in [0.717, 1.165) is 56.7 Å². The number of rotatable bonds is 8. The first kappa shape index (κ1) is 27.3. The van der Waals surface area contributed by atoms with E-state index in [1.807, 2.05) is 0 Å². The summed E-state index contributed by atoms with van der Waals surface area (Å²) in [5, 5.41) is 0. The van der Waals surface area contributed by atoms with Crippen LogP contribution < -0.4 is 19.3 Å². The van der Waals surface area contributed by atoms with E-state index in [2.05, 4.69) is 110 Å². The van der Waals surface area contributed by atoms with Crippen LogP contribution >= 0.6 is 0 Å². The van der Waals surface area contributed by atoms with Gasteiger partial charge in [0.25, 0.3) is 0 Å². The second kappa shape index (κ2) is 11.9. The Kier molecular flexibility index (Phi) is 7.91. The molecule has 0 atom stereocenters. The molecule has 4 nitrogen and oxygen atoms in total. The molecule has 0 radical (unpaired) electrons. The minimum atomic E-state index is 0.599. The summed E-state index contributed by atoms with van der Waals surface area (Å²) in [6.45, 7) is 12.1. The smallest absolute Gasteiger partial charge is 0.161 e. The number of hydrogen-bond acceptors (Lipinski definition) is 4. The first-order valence-corrected chi connectivity index (χ1v) is 15.3. The van der Waals surface area contributed by atoms with Crippen molar-refractivity contribution < 1.29 is 9.47 Å². The van der Waals surface area contributed by atoms with Crippen molar-refractivity contribution >= 4 is 11.4 Å². The minimum absolute atomic E-state index is 0.599. The van der Waals surface area contributed by atoms with Crippen LogP contribution in [0.1, 0.15) is 72.2 Å². The van der Waals surface area contributed by atoms with E-state index in [1.165, 1.54) is 55.9 Å². The quantitative estimate of drug-likeness (QED) is 0.222. The largest absolute Gasteiger partial charge is 0.473 e. The fraction of sp³-hybridized carbons (Fsp3) is 0.351. The van der Waals surface area contributed by atoms with Crippen molar-refractivity contribution in [1.82, 2.24) is 0 Å². The lowest BCUT2D eigenvalue weighted by molar-refractivity contribution is 0.289. The Labute approximate surface area is 245 Å². The molecule has 2 aliphatic heterocycles. The molecule has 0 saturated heterocycles. The lowest BCUT2D eigenvalue weighted by atomic mass is 9.91.